The van der Waals surface area contributed by atoms with Crippen LogP contribution in [-0.2, 0) is 0 Å². The molecular formula is C15H27N5O. The lowest BCUT2D eigenvalue weighted by molar-refractivity contribution is 0.291. The van der Waals surface area contributed by atoms with Crippen LogP contribution in [0.15, 0.2) is 0 Å². The smallest absolute Gasteiger partial charge is 0.323 e. The summed E-state index contributed by atoms with van der Waals surface area (Å²) in [6, 6.07) is 0.420. The number of ether oxygens (including phenoxy) is 1. The van der Waals surface area contributed by atoms with E-state index in [0.29, 0.717) is 18.6 Å². The van der Waals surface area contributed by atoms with Crippen molar-refractivity contribution in [3.63, 3.8) is 0 Å². The van der Waals surface area contributed by atoms with Crippen LogP contribution in [0, 0.1) is 0 Å². The highest BCUT2D eigenvalue weighted by Crippen LogP contribution is 2.32. The SMILES string of the molecule is CCCNc1nc(OCCC)nc(N2CCCC2(C)C)n1. The first kappa shape index (κ1) is 15.8. The predicted molar refractivity (Wildman–Crippen MR) is 85.1 cm³/mol. The van der Waals surface area contributed by atoms with E-state index in [1.807, 2.05) is 0 Å². The zero-order valence-electron chi connectivity index (χ0n) is 13.6. The summed E-state index contributed by atoms with van der Waals surface area (Å²) in [7, 11) is 0. The van der Waals surface area contributed by atoms with Crippen molar-refractivity contribution in [3.8, 4) is 6.01 Å². The molecule has 6 nitrogen and oxygen atoms in total. The van der Waals surface area contributed by atoms with E-state index in [-0.39, 0.29) is 5.54 Å². The number of aromatic nitrogens is 3. The second-order valence-electron chi connectivity index (χ2n) is 6.08. The molecule has 1 aliphatic heterocycles. The second kappa shape index (κ2) is 6.91. The van der Waals surface area contributed by atoms with E-state index in [1.54, 1.807) is 0 Å². The highest BCUT2D eigenvalue weighted by molar-refractivity contribution is 5.42. The Morgan fingerprint density at radius 1 is 1.19 bits per heavy atom. The van der Waals surface area contributed by atoms with E-state index in [0.717, 1.165) is 38.3 Å². The molecule has 0 radical (unpaired) electrons. The van der Waals surface area contributed by atoms with Gasteiger partial charge in [-0.05, 0) is 39.5 Å². The van der Waals surface area contributed by atoms with Crippen LogP contribution in [0.2, 0.25) is 0 Å². The normalized spacial score (nSPS) is 17.0. The van der Waals surface area contributed by atoms with Gasteiger partial charge in [-0.3, -0.25) is 0 Å². The molecule has 0 aromatic carbocycles. The van der Waals surface area contributed by atoms with Gasteiger partial charge in [0.15, 0.2) is 0 Å². The first-order valence-corrected chi connectivity index (χ1v) is 7.97. The van der Waals surface area contributed by atoms with Gasteiger partial charge in [0.25, 0.3) is 0 Å². The molecule has 2 heterocycles. The Hall–Kier alpha value is -1.59. The Balaban J connectivity index is 2.25. The number of anilines is 2. The van der Waals surface area contributed by atoms with E-state index >= 15 is 0 Å². The Labute approximate surface area is 127 Å². The molecule has 1 aromatic heterocycles. The molecule has 0 unspecified atom stereocenters. The molecule has 0 amide bonds. The Bertz CT molecular complexity index is 437. The van der Waals surface area contributed by atoms with Gasteiger partial charge in [0.1, 0.15) is 0 Å². The molecule has 0 spiro atoms. The molecule has 6 heteroatoms. The lowest BCUT2D eigenvalue weighted by atomic mass is 10.0. The molecule has 0 atom stereocenters. The van der Waals surface area contributed by atoms with Crippen LogP contribution < -0.4 is 15.0 Å². The molecule has 0 saturated carbocycles. The Morgan fingerprint density at radius 3 is 2.62 bits per heavy atom. The molecule has 2 rings (SSSR count). The molecule has 1 N–H and O–H groups in total. The van der Waals surface area contributed by atoms with E-state index < -0.39 is 0 Å². The molecule has 1 aliphatic rings. The molecule has 1 fully saturated rings. The average molecular weight is 293 g/mol. The maximum atomic E-state index is 5.62. The summed E-state index contributed by atoms with van der Waals surface area (Å²) in [5, 5.41) is 3.23. The van der Waals surface area contributed by atoms with E-state index in [9.17, 15) is 0 Å². The van der Waals surface area contributed by atoms with Crippen LogP contribution >= 0.6 is 0 Å². The maximum absolute atomic E-state index is 5.62. The standard InChI is InChI=1S/C15H27N5O/c1-5-9-16-12-17-13(19-14(18-12)21-11-6-2)20-10-7-8-15(20,3)4/h5-11H2,1-4H3,(H,16,17,18,19). The van der Waals surface area contributed by atoms with Crippen molar-refractivity contribution in [1.82, 2.24) is 15.0 Å². The monoisotopic (exact) mass is 293 g/mol. The molecule has 118 valence electrons. The van der Waals surface area contributed by atoms with Gasteiger partial charge < -0.3 is 15.0 Å². The topological polar surface area (TPSA) is 63.2 Å². The minimum Gasteiger partial charge on any atom is -0.463 e. The van der Waals surface area contributed by atoms with Gasteiger partial charge in [0.2, 0.25) is 11.9 Å². The number of hydrogen-bond donors (Lipinski definition) is 1. The van der Waals surface area contributed by atoms with Crippen LogP contribution in [0.5, 0.6) is 6.01 Å². The maximum Gasteiger partial charge on any atom is 0.323 e. The van der Waals surface area contributed by atoms with Gasteiger partial charge in [-0.25, -0.2) is 0 Å². The largest absolute Gasteiger partial charge is 0.463 e. The highest BCUT2D eigenvalue weighted by atomic mass is 16.5. The first-order chi connectivity index (χ1) is 10.1. The summed E-state index contributed by atoms with van der Waals surface area (Å²) in [4.78, 5) is 15.7. The predicted octanol–water partition coefficient (Wildman–Crippen LogP) is 2.86. The van der Waals surface area contributed by atoms with Crippen molar-refractivity contribution < 1.29 is 4.74 Å². The van der Waals surface area contributed by atoms with Crippen LogP contribution in [-0.4, -0.2) is 40.2 Å². The van der Waals surface area contributed by atoms with Gasteiger partial charge in [0, 0.05) is 18.6 Å². The third-order valence-electron chi connectivity index (χ3n) is 3.71. The number of nitrogens with one attached hydrogen (secondary N) is 1. The Kier molecular flexibility index (Phi) is 5.20. The molecule has 0 bridgehead atoms. The lowest BCUT2D eigenvalue weighted by Gasteiger charge is -2.31. The van der Waals surface area contributed by atoms with Gasteiger partial charge in [0.05, 0.1) is 6.61 Å². The average Bonchev–Trinajstić information content (AvgIpc) is 2.82. The molecular weight excluding hydrogens is 266 g/mol. The summed E-state index contributed by atoms with van der Waals surface area (Å²) in [5.74, 6) is 1.33. The lowest BCUT2D eigenvalue weighted by Crippen LogP contribution is -2.39. The van der Waals surface area contributed by atoms with Crippen molar-refractivity contribution in [1.29, 1.82) is 0 Å². The minimum atomic E-state index is 0.0887. The van der Waals surface area contributed by atoms with Crippen LogP contribution in [0.25, 0.3) is 0 Å². The first-order valence-electron chi connectivity index (χ1n) is 7.97. The van der Waals surface area contributed by atoms with Crippen molar-refractivity contribution in [3.05, 3.63) is 0 Å². The van der Waals surface area contributed by atoms with Crippen LogP contribution in [0.1, 0.15) is 53.4 Å². The quantitative estimate of drug-likeness (QED) is 0.834. The van der Waals surface area contributed by atoms with E-state index in [4.69, 9.17) is 4.74 Å². The van der Waals surface area contributed by atoms with Crippen LogP contribution in [0.3, 0.4) is 0 Å². The van der Waals surface area contributed by atoms with Crippen molar-refractivity contribution in [2.24, 2.45) is 0 Å². The van der Waals surface area contributed by atoms with E-state index in [2.05, 4.69) is 52.9 Å². The third kappa shape index (κ3) is 3.95. The summed E-state index contributed by atoms with van der Waals surface area (Å²) in [6.07, 6.45) is 4.29. The van der Waals surface area contributed by atoms with Gasteiger partial charge in [-0.1, -0.05) is 13.8 Å². The van der Waals surface area contributed by atoms with Crippen molar-refractivity contribution in [2.75, 3.05) is 29.9 Å². The fraction of sp³-hybridized carbons (Fsp3) is 0.800. The minimum absolute atomic E-state index is 0.0887. The number of rotatable bonds is 7. The zero-order chi connectivity index (χ0) is 15.3. The molecule has 1 saturated heterocycles. The van der Waals surface area contributed by atoms with Gasteiger partial charge >= 0.3 is 6.01 Å². The second-order valence-corrected chi connectivity index (χ2v) is 6.08. The fourth-order valence-electron chi connectivity index (χ4n) is 2.52. The fourth-order valence-corrected chi connectivity index (χ4v) is 2.52. The zero-order valence-corrected chi connectivity index (χ0v) is 13.6. The summed E-state index contributed by atoms with van der Waals surface area (Å²) < 4.78 is 5.62. The van der Waals surface area contributed by atoms with Crippen molar-refractivity contribution >= 4 is 11.9 Å². The van der Waals surface area contributed by atoms with Crippen molar-refractivity contribution in [2.45, 2.75) is 58.9 Å². The summed E-state index contributed by atoms with van der Waals surface area (Å²) >= 11 is 0. The number of nitrogens with zero attached hydrogens (tertiary/aromatic N) is 4. The molecule has 21 heavy (non-hydrogen) atoms. The summed E-state index contributed by atoms with van der Waals surface area (Å²) in [5.41, 5.74) is 0.0887. The third-order valence-corrected chi connectivity index (χ3v) is 3.71. The Morgan fingerprint density at radius 2 is 2.00 bits per heavy atom. The van der Waals surface area contributed by atoms with Gasteiger partial charge in [-0.15, -0.1) is 0 Å². The highest BCUT2D eigenvalue weighted by Gasteiger charge is 2.34. The molecule has 1 aromatic rings. The number of hydrogen-bond acceptors (Lipinski definition) is 6. The van der Waals surface area contributed by atoms with Gasteiger partial charge in [-0.2, -0.15) is 15.0 Å². The summed E-state index contributed by atoms with van der Waals surface area (Å²) in [6.45, 7) is 11.1. The van der Waals surface area contributed by atoms with Crippen LogP contribution in [0.4, 0.5) is 11.9 Å². The molecule has 0 aliphatic carbocycles. The van der Waals surface area contributed by atoms with E-state index in [1.165, 1.54) is 6.42 Å².